The molecule has 0 bridgehead atoms. The maximum Gasteiger partial charge on any atom is 0.325 e. The van der Waals surface area contributed by atoms with Crippen molar-refractivity contribution in [2.24, 2.45) is 5.92 Å². The summed E-state index contributed by atoms with van der Waals surface area (Å²) in [5.74, 6) is -2.04. The quantitative estimate of drug-likeness (QED) is 0.376. The molecule has 0 saturated carbocycles. The second kappa shape index (κ2) is 11.2. The minimum atomic E-state index is -1.72. The summed E-state index contributed by atoms with van der Waals surface area (Å²) in [5.41, 5.74) is 2.79. The number of esters is 1. The molecule has 1 fully saturated rings. The van der Waals surface area contributed by atoms with Crippen LogP contribution in [0.25, 0.3) is 0 Å². The Morgan fingerprint density at radius 2 is 1.79 bits per heavy atom. The Hall–Kier alpha value is -1.29. The number of alkyl halides is 3. The summed E-state index contributed by atoms with van der Waals surface area (Å²) in [4.78, 5) is 48.5. The molecule has 9 nitrogen and oxygen atoms in total. The Kier molecular flexibility index (Phi) is 9.94. The van der Waals surface area contributed by atoms with Crippen LogP contribution in [0.2, 0.25) is 0 Å². The van der Waals surface area contributed by atoms with Crippen molar-refractivity contribution in [2.75, 3.05) is 13.2 Å². The first-order valence-corrected chi connectivity index (χ1v) is 10.3. The van der Waals surface area contributed by atoms with E-state index in [0.717, 1.165) is 0 Å². The molecule has 1 aliphatic heterocycles. The van der Waals surface area contributed by atoms with Gasteiger partial charge in [-0.1, -0.05) is 48.7 Å². The highest BCUT2D eigenvalue weighted by atomic mass is 35.6. The van der Waals surface area contributed by atoms with E-state index >= 15 is 0 Å². The van der Waals surface area contributed by atoms with Gasteiger partial charge in [0.2, 0.25) is 15.6 Å². The van der Waals surface area contributed by atoms with Gasteiger partial charge in [0.25, 0.3) is 5.91 Å². The van der Waals surface area contributed by atoms with Crippen LogP contribution < -0.4 is 16.1 Å². The van der Waals surface area contributed by atoms with Crippen molar-refractivity contribution < 1.29 is 23.9 Å². The van der Waals surface area contributed by atoms with Gasteiger partial charge in [-0.25, -0.2) is 5.43 Å². The molecule has 0 aliphatic carbocycles. The smallest absolute Gasteiger partial charge is 0.325 e. The van der Waals surface area contributed by atoms with E-state index in [0.29, 0.717) is 19.4 Å². The van der Waals surface area contributed by atoms with Crippen molar-refractivity contribution in [1.82, 2.24) is 21.1 Å². The summed E-state index contributed by atoms with van der Waals surface area (Å²) < 4.78 is 3.23. The van der Waals surface area contributed by atoms with Crippen molar-refractivity contribution in [2.45, 2.75) is 62.5 Å². The molecule has 3 N–H and O–H groups in total. The zero-order chi connectivity index (χ0) is 22.4. The second-order valence-corrected chi connectivity index (χ2v) is 9.71. The minimum absolute atomic E-state index is 0.161. The molecule has 29 heavy (non-hydrogen) atoms. The lowest BCUT2D eigenvalue weighted by atomic mass is 10.0. The summed E-state index contributed by atoms with van der Waals surface area (Å²) in [5, 5.41) is 6.43. The van der Waals surface area contributed by atoms with Gasteiger partial charge < -0.3 is 15.4 Å². The highest BCUT2D eigenvalue weighted by Gasteiger charge is 2.34. The normalized spacial score (nSPS) is 19.3. The number of hydrogen-bond donors (Lipinski definition) is 3. The molecule has 12 heteroatoms. The average molecular weight is 474 g/mol. The van der Waals surface area contributed by atoms with Crippen LogP contribution in [0.15, 0.2) is 0 Å². The molecule has 0 radical (unpaired) electrons. The van der Waals surface area contributed by atoms with Crippen LogP contribution in [0.3, 0.4) is 0 Å². The molecule has 3 unspecified atom stereocenters. The van der Waals surface area contributed by atoms with Gasteiger partial charge in [-0.2, -0.15) is 0 Å². The number of rotatable bonds is 7. The Balaban J connectivity index is 2.66. The van der Waals surface area contributed by atoms with Crippen molar-refractivity contribution in [3.63, 3.8) is 0 Å². The third-order valence-electron chi connectivity index (χ3n) is 4.15. The van der Waals surface area contributed by atoms with Crippen LogP contribution in [0.5, 0.6) is 0 Å². The molecular formula is C17H27Cl3N4O5. The van der Waals surface area contributed by atoms with Gasteiger partial charge in [0.1, 0.15) is 24.7 Å². The Morgan fingerprint density at radius 3 is 2.31 bits per heavy atom. The van der Waals surface area contributed by atoms with Crippen LogP contribution in [0.4, 0.5) is 0 Å². The van der Waals surface area contributed by atoms with Crippen LogP contribution in [0.1, 0.15) is 40.5 Å². The number of ether oxygens (including phenoxy) is 1. The van der Waals surface area contributed by atoms with E-state index in [2.05, 4.69) is 16.1 Å². The van der Waals surface area contributed by atoms with Crippen LogP contribution in [-0.2, 0) is 23.9 Å². The van der Waals surface area contributed by atoms with Crippen molar-refractivity contribution >= 4 is 58.5 Å². The van der Waals surface area contributed by atoms with E-state index in [-0.39, 0.29) is 11.8 Å². The molecule has 1 aliphatic rings. The van der Waals surface area contributed by atoms with Gasteiger partial charge in [-0.05, 0) is 25.7 Å². The average Bonchev–Trinajstić information content (AvgIpc) is 2.62. The van der Waals surface area contributed by atoms with E-state index < -0.39 is 46.3 Å². The first kappa shape index (κ1) is 25.7. The lowest BCUT2D eigenvalue weighted by Crippen LogP contribution is -2.61. The maximum absolute atomic E-state index is 12.7. The van der Waals surface area contributed by atoms with Crippen LogP contribution in [0, 0.1) is 5.92 Å². The number of hydrazine groups is 1. The lowest BCUT2D eigenvalue weighted by molar-refractivity contribution is -0.152. The third kappa shape index (κ3) is 8.94. The summed E-state index contributed by atoms with van der Waals surface area (Å²) in [6, 6.07) is -2.41. The fourth-order valence-electron chi connectivity index (χ4n) is 2.72. The number of carbonyl (C=O) groups excluding carboxylic acids is 4. The zero-order valence-corrected chi connectivity index (χ0v) is 19.0. The lowest BCUT2D eigenvalue weighted by Gasteiger charge is -2.34. The second-order valence-electron chi connectivity index (χ2n) is 7.19. The molecule has 3 amide bonds. The highest BCUT2D eigenvalue weighted by Crippen LogP contribution is 2.26. The van der Waals surface area contributed by atoms with E-state index in [4.69, 9.17) is 39.5 Å². The molecule has 1 rings (SSSR count). The standard InChI is InChI=1S/C17H27Cl3N4O5/c1-9(2)13(22-11(4)25)14(26)21-10(3)15(27)24-7-5-6-12(23-24)16(28)29-8-17(18,19)20/h9-10,12-13,23H,5-8H2,1-4H3,(H,21,26)(H,22,25). The van der Waals surface area contributed by atoms with Crippen molar-refractivity contribution in [1.29, 1.82) is 0 Å². The Bertz CT molecular complexity index is 627. The SMILES string of the molecule is CC(=O)NC(C(=O)NC(C)C(=O)N1CCCC(C(=O)OCC(Cl)(Cl)Cl)N1)C(C)C. The van der Waals surface area contributed by atoms with Crippen LogP contribution in [-0.4, -0.2) is 63.8 Å². The summed E-state index contributed by atoms with van der Waals surface area (Å²) in [7, 11) is 0. The van der Waals surface area contributed by atoms with Crippen molar-refractivity contribution in [3.05, 3.63) is 0 Å². The predicted molar refractivity (Wildman–Crippen MR) is 109 cm³/mol. The van der Waals surface area contributed by atoms with Gasteiger partial charge in [0, 0.05) is 13.5 Å². The molecule has 3 atom stereocenters. The van der Waals surface area contributed by atoms with E-state index in [1.54, 1.807) is 13.8 Å². The van der Waals surface area contributed by atoms with Gasteiger partial charge in [0.15, 0.2) is 0 Å². The Morgan fingerprint density at radius 1 is 1.17 bits per heavy atom. The Labute approximate surface area is 185 Å². The number of nitrogens with zero attached hydrogens (tertiary/aromatic N) is 1. The number of carbonyl (C=O) groups is 4. The number of amides is 3. The highest BCUT2D eigenvalue weighted by molar-refractivity contribution is 6.67. The summed E-state index contributed by atoms with van der Waals surface area (Å²) in [6.45, 7) is 6.36. The third-order valence-corrected chi connectivity index (χ3v) is 4.48. The molecule has 0 aromatic carbocycles. The van der Waals surface area contributed by atoms with Gasteiger partial charge in [0.05, 0.1) is 0 Å². The summed E-state index contributed by atoms with van der Waals surface area (Å²) >= 11 is 16.7. The van der Waals surface area contributed by atoms with E-state index in [1.165, 1.54) is 18.9 Å². The number of halogens is 3. The molecule has 0 spiro atoms. The van der Waals surface area contributed by atoms with Gasteiger partial charge >= 0.3 is 5.97 Å². The van der Waals surface area contributed by atoms with Crippen molar-refractivity contribution in [3.8, 4) is 0 Å². The fourth-order valence-corrected chi connectivity index (χ4v) is 2.88. The predicted octanol–water partition coefficient (Wildman–Crippen LogP) is 1.06. The molecule has 1 saturated heterocycles. The largest absolute Gasteiger partial charge is 0.460 e. The van der Waals surface area contributed by atoms with Gasteiger partial charge in [-0.3, -0.25) is 24.2 Å². The van der Waals surface area contributed by atoms with E-state index in [9.17, 15) is 19.2 Å². The molecular weight excluding hydrogens is 447 g/mol. The maximum atomic E-state index is 12.7. The summed E-state index contributed by atoms with van der Waals surface area (Å²) in [6.07, 6.45) is 0.995. The first-order chi connectivity index (χ1) is 13.3. The number of hydrogen-bond acceptors (Lipinski definition) is 6. The monoisotopic (exact) mass is 472 g/mol. The molecule has 1 heterocycles. The topological polar surface area (TPSA) is 117 Å². The van der Waals surface area contributed by atoms with E-state index in [1.807, 2.05) is 0 Å². The molecule has 166 valence electrons. The minimum Gasteiger partial charge on any atom is -0.460 e. The van der Waals surface area contributed by atoms with Gasteiger partial charge in [-0.15, -0.1) is 0 Å². The fraction of sp³-hybridized carbons (Fsp3) is 0.765. The molecule has 0 aromatic heterocycles. The molecule has 0 aromatic rings. The number of nitrogens with one attached hydrogen (secondary N) is 3. The first-order valence-electron chi connectivity index (χ1n) is 9.20. The zero-order valence-electron chi connectivity index (χ0n) is 16.8. The van der Waals surface area contributed by atoms with Crippen LogP contribution >= 0.6 is 34.8 Å².